The zero-order valence-corrected chi connectivity index (χ0v) is 72.6. The maximum Gasteiger partial charge on any atom is 0.303 e. The molecule has 0 N–H and O–H groups in total. The number of aryl methyl sites for hydroxylation is 1. The number of esters is 4. The molecule has 0 radical (unpaired) electrons. The van der Waals surface area contributed by atoms with Crippen molar-refractivity contribution < 1.29 is 114 Å². The second kappa shape index (κ2) is 48.3. The summed E-state index contributed by atoms with van der Waals surface area (Å²) in [5.41, 5.74) is 7.48. The predicted molar refractivity (Wildman–Crippen MR) is 468 cm³/mol. The molecule has 4 heterocycles. The molecule has 0 aromatic heterocycles. The monoisotopic (exact) mass is 1750 g/mol. The van der Waals surface area contributed by atoms with Crippen molar-refractivity contribution in [3.63, 3.8) is 0 Å². The third kappa shape index (κ3) is 27.7. The molecular formula is C102H110O24S. The van der Waals surface area contributed by atoms with Gasteiger partial charge in [-0.1, -0.05) is 302 Å². The molecule has 0 aliphatic carbocycles. The highest BCUT2D eigenvalue weighted by atomic mass is 32.2. The van der Waals surface area contributed by atoms with E-state index in [2.05, 4.69) is 0 Å². The Morgan fingerprint density at radius 1 is 0.236 bits per heavy atom. The molecule has 0 spiro atoms. The van der Waals surface area contributed by atoms with Crippen LogP contribution in [0.15, 0.2) is 302 Å². The van der Waals surface area contributed by atoms with Gasteiger partial charge in [-0.3, -0.25) is 19.2 Å². The van der Waals surface area contributed by atoms with E-state index in [4.69, 9.17) is 94.7 Å². The van der Waals surface area contributed by atoms with Gasteiger partial charge in [0.15, 0.2) is 43.3 Å². The Morgan fingerprint density at radius 2 is 0.449 bits per heavy atom. The summed E-state index contributed by atoms with van der Waals surface area (Å²) in [6.45, 7) is 6.45. The Labute approximate surface area is 745 Å². The maximum absolute atomic E-state index is 14.1. The fraction of sp³-hybridized carbons (Fsp3) is 0.373. The minimum Gasteiger partial charge on any atom is -0.456 e. The molecule has 4 fully saturated rings. The number of carbonyl (C=O) groups is 4. The largest absolute Gasteiger partial charge is 0.456 e. The van der Waals surface area contributed by atoms with Crippen molar-refractivity contribution in [3.8, 4) is 0 Å². The summed E-state index contributed by atoms with van der Waals surface area (Å²) in [7, 11) is 0. The highest BCUT2D eigenvalue weighted by molar-refractivity contribution is 7.99. The quantitative estimate of drug-likeness (QED) is 0.0254. The van der Waals surface area contributed by atoms with E-state index in [1.165, 1.54) is 39.5 Å². The first-order valence-corrected chi connectivity index (χ1v) is 43.8. The van der Waals surface area contributed by atoms with Crippen LogP contribution in [0.1, 0.15) is 83.3 Å². The molecule has 0 saturated carbocycles. The number of ether oxygens (including phenoxy) is 20. The predicted octanol–water partition coefficient (Wildman–Crippen LogP) is 15.7. The molecule has 4 aliphatic heterocycles. The maximum atomic E-state index is 14.1. The van der Waals surface area contributed by atoms with Crippen molar-refractivity contribution in [3.05, 3.63) is 353 Å². The summed E-state index contributed by atoms with van der Waals surface area (Å²) in [5.74, 6) is -2.65. The Morgan fingerprint density at radius 3 is 0.701 bits per heavy atom. The second-order valence-electron chi connectivity index (χ2n) is 31.5. The Balaban J connectivity index is 0.844. The molecule has 14 rings (SSSR count). The number of thioether (sulfide) groups is 1. The van der Waals surface area contributed by atoms with Crippen LogP contribution in [-0.2, 0) is 173 Å². The van der Waals surface area contributed by atoms with E-state index in [1.807, 2.05) is 304 Å². The smallest absolute Gasteiger partial charge is 0.303 e. The lowest BCUT2D eigenvalue weighted by molar-refractivity contribution is -0.357. The van der Waals surface area contributed by atoms with Crippen LogP contribution in [0, 0.1) is 6.92 Å². The SMILES string of the molecule is CC(=O)O[C@@H]1[C@@H](OC[C@H]2O[C@H](OC[C@H]3O[C@H](OC[C@H]4O[C@H](Sc5ccc(C)cc5)[C@@H](OC(C)=O)[C@@H](OCc5ccccc5)[C@@H]4OCc4ccccc4)[C@@H](OC(C)=O)[C@@H](OCc4ccccc4)[C@@H]3OCc3ccccc3)[C@@H](OC(C)=O)[C@@H](OCc3ccccc3)[C@@H]2OCc2ccccc2)O[C@H](COCc2ccccc2)[C@@H](OCc2ccccc2)[C@@H]1OCc1ccccc1. The van der Waals surface area contributed by atoms with E-state index in [-0.39, 0.29) is 72.7 Å². The van der Waals surface area contributed by atoms with Gasteiger partial charge in [0.1, 0.15) is 78.7 Å². The van der Waals surface area contributed by atoms with Crippen LogP contribution < -0.4 is 0 Å². The van der Waals surface area contributed by atoms with Crippen molar-refractivity contribution in [2.24, 2.45) is 0 Å². The van der Waals surface area contributed by atoms with Gasteiger partial charge in [0.05, 0.1) is 85.9 Å². The minimum atomic E-state index is -1.59. The van der Waals surface area contributed by atoms with Crippen LogP contribution in [0.3, 0.4) is 0 Å². The zero-order valence-electron chi connectivity index (χ0n) is 71.7. The summed E-state index contributed by atoms with van der Waals surface area (Å²) in [6, 6.07) is 94.1. The fourth-order valence-corrected chi connectivity index (χ4v) is 16.8. The van der Waals surface area contributed by atoms with Gasteiger partial charge in [0, 0.05) is 32.6 Å². The van der Waals surface area contributed by atoms with Crippen molar-refractivity contribution >= 4 is 35.6 Å². The highest BCUT2D eigenvalue weighted by Gasteiger charge is 2.57. The van der Waals surface area contributed by atoms with Gasteiger partial charge in [0.2, 0.25) is 0 Å². The Bertz CT molecular complexity index is 4890. The standard InChI is InChI=1S/C102H110O24S/c1-68-51-53-82(54-52-68)127-102-98(122-72(5)106)94(115-63-81-49-31-14-32-50-81)90(111-59-77-41-23-10-24-42-77)86(126-102)67-118-101-97(121-71(4)105)93(114-62-80-47-29-13-30-48-80)89(110-58-76-39-21-9-22-40-76)85(125-101)66-117-100-96(120-70(3)104)92(113-61-79-45-27-12-28-46-79)88(109-57-75-37-19-8-20-38-75)84(124-100)65-116-99-95(119-69(2)103)91(112-60-78-43-25-11-26-44-78)87(108-56-74-35-17-7-18-36-74)83(123-99)64-107-55-73-33-15-6-16-34-73/h6-54,83-102H,55-67H2,1-5H3/t83-,84-,85-,86-,87-,88-,89-,90-,91+,92+,93+,94+,95+,96+,97+,98+,99+,100+,101+,102-/m1/s1. The molecule has 10 aromatic carbocycles. The van der Waals surface area contributed by atoms with Crippen molar-refractivity contribution in [1.82, 2.24) is 0 Å². The summed E-state index contributed by atoms with van der Waals surface area (Å²) >= 11 is 1.34. The number of carbonyl (C=O) groups excluding carboxylic acids is 4. The van der Waals surface area contributed by atoms with Crippen LogP contribution in [0.25, 0.3) is 0 Å². The molecule has 0 bridgehead atoms. The van der Waals surface area contributed by atoms with Crippen molar-refractivity contribution in [2.75, 3.05) is 26.4 Å². The third-order valence-corrected chi connectivity index (χ3v) is 23.0. The van der Waals surface area contributed by atoms with Gasteiger partial charge in [-0.25, -0.2) is 0 Å². The normalized spacial score (nSPS) is 25.9. The first-order chi connectivity index (χ1) is 62.2. The van der Waals surface area contributed by atoms with E-state index in [9.17, 15) is 19.2 Å². The van der Waals surface area contributed by atoms with Crippen molar-refractivity contribution in [1.29, 1.82) is 0 Å². The average molecular weight is 1750 g/mol. The summed E-state index contributed by atoms with van der Waals surface area (Å²) in [4.78, 5) is 56.3. The second-order valence-corrected chi connectivity index (χ2v) is 32.7. The molecule has 0 unspecified atom stereocenters. The zero-order chi connectivity index (χ0) is 87.9. The molecular weight excluding hydrogens is 1640 g/mol. The van der Waals surface area contributed by atoms with Crippen LogP contribution >= 0.6 is 11.8 Å². The lowest BCUT2D eigenvalue weighted by Crippen LogP contribution is -2.65. The molecule has 668 valence electrons. The number of hydrogen-bond donors (Lipinski definition) is 0. The third-order valence-electron chi connectivity index (χ3n) is 21.8. The van der Waals surface area contributed by atoms with Gasteiger partial charge in [0.25, 0.3) is 0 Å². The number of benzene rings is 10. The lowest BCUT2D eigenvalue weighted by atomic mass is 9.96. The first kappa shape index (κ1) is 93.0. The van der Waals surface area contributed by atoms with E-state index < -0.39 is 159 Å². The topological polar surface area (TPSA) is 253 Å². The molecule has 127 heavy (non-hydrogen) atoms. The van der Waals surface area contributed by atoms with E-state index in [1.54, 1.807) is 0 Å². The molecule has 10 aromatic rings. The average Bonchev–Trinajstić information content (AvgIpc) is 0.779. The fourth-order valence-electron chi connectivity index (χ4n) is 15.7. The van der Waals surface area contributed by atoms with Gasteiger partial charge in [-0.15, -0.1) is 0 Å². The Hall–Kier alpha value is -10.2. The van der Waals surface area contributed by atoms with E-state index in [0.29, 0.717) is 0 Å². The van der Waals surface area contributed by atoms with Crippen LogP contribution in [0.2, 0.25) is 0 Å². The lowest BCUT2D eigenvalue weighted by Gasteiger charge is -2.48. The van der Waals surface area contributed by atoms with Gasteiger partial charge in [-0.2, -0.15) is 0 Å². The van der Waals surface area contributed by atoms with E-state index >= 15 is 0 Å². The van der Waals surface area contributed by atoms with Crippen LogP contribution in [0.4, 0.5) is 0 Å². The molecule has 4 aliphatic rings. The van der Waals surface area contributed by atoms with Gasteiger partial charge >= 0.3 is 23.9 Å². The molecule has 4 saturated heterocycles. The minimum absolute atomic E-state index is 0.000671. The van der Waals surface area contributed by atoms with E-state index in [0.717, 1.165) is 60.5 Å². The number of rotatable bonds is 43. The van der Waals surface area contributed by atoms with Gasteiger partial charge < -0.3 is 94.7 Å². The summed E-state index contributed by atoms with van der Waals surface area (Å²) < 4.78 is 139. The van der Waals surface area contributed by atoms with Gasteiger partial charge in [-0.05, 0) is 69.1 Å². The highest BCUT2D eigenvalue weighted by Crippen LogP contribution is 2.42. The Kier molecular flexibility index (Phi) is 35.3. The van der Waals surface area contributed by atoms with Crippen molar-refractivity contribution in [2.45, 2.75) is 221 Å². The summed E-state index contributed by atoms with van der Waals surface area (Å²) in [5, 5.41) is 0. The van der Waals surface area contributed by atoms with Crippen LogP contribution in [-0.4, -0.2) is 172 Å². The molecule has 0 amide bonds. The van der Waals surface area contributed by atoms with Crippen LogP contribution in [0.5, 0.6) is 0 Å². The summed E-state index contributed by atoms with van der Waals surface area (Å²) in [6.07, 6.45) is -23.1. The first-order valence-electron chi connectivity index (χ1n) is 42.9. The molecule has 20 atom stereocenters. The molecule has 25 heteroatoms. The number of hydrogen-bond acceptors (Lipinski definition) is 25. The molecule has 24 nitrogen and oxygen atoms in total.